The van der Waals surface area contributed by atoms with Crippen molar-refractivity contribution in [3.63, 3.8) is 0 Å². The van der Waals surface area contributed by atoms with E-state index in [-0.39, 0.29) is 12.2 Å². The highest BCUT2D eigenvalue weighted by atomic mass is 79.9. The summed E-state index contributed by atoms with van der Waals surface area (Å²) in [5, 5.41) is 9.42. The van der Waals surface area contributed by atoms with Crippen LogP contribution in [-0.4, -0.2) is 15.5 Å². The Kier molecular flexibility index (Phi) is 6.07. The van der Waals surface area contributed by atoms with Crippen LogP contribution in [-0.2, 0) is 16.1 Å². The van der Waals surface area contributed by atoms with Crippen molar-refractivity contribution in [1.29, 1.82) is 5.26 Å². The van der Waals surface area contributed by atoms with Crippen LogP contribution in [0.15, 0.2) is 64.8 Å². The maximum atomic E-state index is 12.3. The van der Waals surface area contributed by atoms with Gasteiger partial charge in [-0.05, 0) is 68.0 Å². The Morgan fingerprint density at radius 3 is 2.64 bits per heavy atom. The number of esters is 1. The number of aryl methyl sites for hydroxylation is 1. The van der Waals surface area contributed by atoms with E-state index in [0.717, 1.165) is 27.1 Å². The Hall–Kier alpha value is -3.17. The number of rotatable bonds is 5. The monoisotopic (exact) mass is 435 g/mol. The highest BCUT2D eigenvalue weighted by Gasteiger charge is 2.15. The second-order valence-corrected chi connectivity index (χ2v) is 7.12. The number of ether oxygens (including phenoxy) is 1. The van der Waals surface area contributed by atoms with Gasteiger partial charge in [0.05, 0.1) is 5.69 Å². The molecule has 0 N–H and O–H groups in total. The van der Waals surface area contributed by atoms with E-state index < -0.39 is 5.97 Å². The van der Waals surface area contributed by atoms with Gasteiger partial charge in [-0.2, -0.15) is 5.26 Å². The number of nitriles is 1. The summed E-state index contributed by atoms with van der Waals surface area (Å²) in [5.41, 5.74) is 4.32. The molecule has 0 atom stereocenters. The number of pyridine rings is 1. The fourth-order valence-electron chi connectivity index (χ4n) is 2.91. The van der Waals surface area contributed by atoms with Crippen molar-refractivity contribution in [3.05, 3.63) is 87.4 Å². The number of hydrogen-bond acceptors (Lipinski definition) is 4. The summed E-state index contributed by atoms with van der Waals surface area (Å²) >= 11 is 3.44. The summed E-state index contributed by atoms with van der Waals surface area (Å²) in [6.07, 6.45) is 3.19. The minimum Gasteiger partial charge on any atom is -0.455 e. The molecule has 3 aromatic rings. The first-order chi connectivity index (χ1) is 13.5. The van der Waals surface area contributed by atoms with Crippen molar-refractivity contribution in [1.82, 2.24) is 9.55 Å². The minimum atomic E-state index is -0.665. The van der Waals surface area contributed by atoms with Crippen LogP contribution in [0.2, 0.25) is 0 Å². The SMILES string of the molecule is Cc1cc(/C=C(\C#N)C(=O)OCc2ccccn2)c(C)n1-c1ccc(Br)cc1. The number of halogens is 1. The summed E-state index contributed by atoms with van der Waals surface area (Å²) in [4.78, 5) is 16.4. The van der Waals surface area contributed by atoms with Crippen LogP contribution in [0.25, 0.3) is 11.8 Å². The molecule has 2 heterocycles. The molecular weight excluding hydrogens is 418 g/mol. The van der Waals surface area contributed by atoms with Crippen LogP contribution in [0.3, 0.4) is 0 Å². The summed E-state index contributed by atoms with van der Waals surface area (Å²) in [6.45, 7) is 3.96. The van der Waals surface area contributed by atoms with Gasteiger partial charge in [0.15, 0.2) is 0 Å². The minimum absolute atomic E-state index is 0.0244. The van der Waals surface area contributed by atoms with Crippen molar-refractivity contribution >= 4 is 28.0 Å². The molecule has 0 unspecified atom stereocenters. The Morgan fingerprint density at radius 2 is 2.00 bits per heavy atom. The number of carbonyl (C=O) groups excluding carboxylic acids is 1. The van der Waals surface area contributed by atoms with Gasteiger partial charge >= 0.3 is 5.97 Å². The maximum absolute atomic E-state index is 12.3. The molecule has 0 saturated heterocycles. The van der Waals surface area contributed by atoms with Crippen LogP contribution in [0.1, 0.15) is 22.6 Å². The van der Waals surface area contributed by atoms with Crippen molar-refractivity contribution < 1.29 is 9.53 Å². The van der Waals surface area contributed by atoms with Crippen molar-refractivity contribution in [2.24, 2.45) is 0 Å². The third-order valence-electron chi connectivity index (χ3n) is 4.27. The molecule has 0 aliphatic carbocycles. The molecule has 0 radical (unpaired) electrons. The second kappa shape index (κ2) is 8.68. The van der Waals surface area contributed by atoms with E-state index in [4.69, 9.17) is 4.74 Å². The summed E-state index contributed by atoms with van der Waals surface area (Å²) in [5.74, 6) is -0.665. The highest BCUT2D eigenvalue weighted by Crippen LogP contribution is 2.24. The average Bonchev–Trinajstić information content (AvgIpc) is 2.99. The van der Waals surface area contributed by atoms with Crippen molar-refractivity contribution in [2.75, 3.05) is 0 Å². The van der Waals surface area contributed by atoms with E-state index in [2.05, 4.69) is 25.5 Å². The van der Waals surface area contributed by atoms with Crippen LogP contribution in [0, 0.1) is 25.2 Å². The fraction of sp³-hybridized carbons (Fsp3) is 0.136. The van der Waals surface area contributed by atoms with Crippen molar-refractivity contribution in [2.45, 2.75) is 20.5 Å². The molecule has 0 aliphatic rings. The lowest BCUT2D eigenvalue weighted by Gasteiger charge is -2.09. The van der Waals surface area contributed by atoms with Crippen LogP contribution < -0.4 is 0 Å². The molecule has 0 saturated carbocycles. The lowest BCUT2D eigenvalue weighted by Crippen LogP contribution is -2.07. The number of hydrogen-bond donors (Lipinski definition) is 0. The first-order valence-electron chi connectivity index (χ1n) is 8.63. The van der Waals surface area contributed by atoms with Crippen molar-refractivity contribution in [3.8, 4) is 11.8 Å². The van der Waals surface area contributed by atoms with E-state index in [1.807, 2.05) is 56.3 Å². The highest BCUT2D eigenvalue weighted by molar-refractivity contribution is 9.10. The first kappa shape index (κ1) is 19.6. The lowest BCUT2D eigenvalue weighted by molar-refractivity contribution is -0.139. The van der Waals surface area contributed by atoms with E-state index in [1.54, 1.807) is 24.4 Å². The zero-order valence-corrected chi connectivity index (χ0v) is 17.1. The molecule has 2 aromatic heterocycles. The third-order valence-corrected chi connectivity index (χ3v) is 4.80. The zero-order chi connectivity index (χ0) is 20.1. The smallest absolute Gasteiger partial charge is 0.349 e. The summed E-state index contributed by atoms with van der Waals surface area (Å²) in [7, 11) is 0. The van der Waals surface area contributed by atoms with Crippen LogP contribution in [0.5, 0.6) is 0 Å². The molecule has 0 bridgehead atoms. The molecule has 1 aromatic carbocycles. The number of aromatic nitrogens is 2. The van der Waals surface area contributed by atoms with Gasteiger partial charge in [0, 0.05) is 27.7 Å². The molecule has 0 amide bonds. The Morgan fingerprint density at radius 1 is 1.25 bits per heavy atom. The molecule has 3 rings (SSSR count). The lowest BCUT2D eigenvalue weighted by atomic mass is 10.1. The number of benzene rings is 1. The van der Waals surface area contributed by atoms with E-state index in [9.17, 15) is 10.1 Å². The van der Waals surface area contributed by atoms with Gasteiger partial charge in [-0.15, -0.1) is 0 Å². The first-order valence-corrected chi connectivity index (χ1v) is 9.42. The summed E-state index contributed by atoms with van der Waals surface area (Å²) < 4.78 is 8.30. The van der Waals surface area contributed by atoms with Gasteiger partial charge in [-0.1, -0.05) is 22.0 Å². The molecule has 140 valence electrons. The van der Waals surface area contributed by atoms with Crippen LogP contribution >= 0.6 is 15.9 Å². The van der Waals surface area contributed by atoms with Gasteiger partial charge in [0.2, 0.25) is 0 Å². The van der Waals surface area contributed by atoms with E-state index in [0.29, 0.717) is 5.69 Å². The Bertz CT molecular complexity index is 1060. The second-order valence-electron chi connectivity index (χ2n) is 6.21. The third kappa shape index (κ3) is 4.38. The normalized spacial score (nSPS) is 11.1. The van der Waals surface area contributed by atoms with E-state index in [1.165, 1.54) is 0 Å². The molecule has 0 spiro atoms. The van der Waals surface area contributed by atoms with Gasteiger partial charge < -0.3 is 9.30 Å². The van der Waals surface area contributed by atoms with Gasteiger partial charge in [-0.25, -0.2) is 4.79 Å². The summed E-state index contributed by atoms with van der Waals surface area (Å²) in [6, 6.07) is 17.2. The Balaban J connectivity index is 1.84. The van der Waals surface area contributed by atoms with Crippen LogP contribution in [0.4, 0.5) is 0 Å². The average molecular weight is 436 g/mol. The number of nitrogens with zero attached hydrogens (tertiary/aromatic N) is 3. The largest absolute Gasteiger partial charge is 0.455 e. The topological polar surface area (TPSA) is 67.9 Å². The van der Waals surface area contributed by atoms with Gasteiger partial charge in [0.25, 0.3) is 0 Å². The fourth-order valence-corrected chi connectivity index (χ4v) is 3.18. The molecule has 6 heteroatoms. The molecule has 28 heavy (non-hydrogen) atoms. The zero-order valence-electron chi connectivity index (χ0n) is 15.5. The molecule has 5 nitrogen and oxygen atoms in total. The predicted molar refractivity (Wildman–Crippen MR) is 111 cm³/mol. The molecule has 0 aliphatic heterocycles. The standard InChI is InChI=1S/C22H18BrN3O2/c1-15-11-17(16(2)26(15)21-8-6-19(23)7-9-21)12-18(13-24)22(27)28-14-20-5-3-4-10-25-20/h3-12H,14H2,1-2H3/b18-12+. The predicted octanol–water partition coefficient (Wildman–Crippen LogP) is 4.90. The maximum Gasteiger partial charge on any atom is 0.349 e. The number of carbonyl (C=O) groups is 1. The van der Waals surface area contributed by atoms with Gasteiger partial charge in [0.1, 0.15) is 18.2 Å². The molecular formula is C22H18BrN3O2. The molecule has 0 fully saturated rings. The van der Waals surface area contributed by atoms with Gasteiger partial charge in [-0.3, -0.25) is 4.98 Å². The van der Waals surface area contributed by atoms with E-state index >= 15 is 0 Å². The quantitative estimate of drug-likeness (QED) is 0.324. The Labute approximate surface area is 172 Å².